The van der Waals surface area contributed by atoms with Crippen molar-refractivity contribution < 1.29 is 18.4 Å². The van der Waals surface area contributed by atoms with E-state index in [4.69, 9.17) is 0 Å². The summed E-state index contributed by atoms with van der Waals surface area (Å²) in [6.45, 7) is 4.31. The van der Waals surface area contributed by atoms with Crippen molar-refractivity contribution in [2.24, 2.45) is 11.3 Å². The minimum atomic E-state index is -2.43. The molecule has 1 unspecified atom stereocenters. The van der Waals surface area contributed by atoms with Crippen molar-refractivity contribution in [3.8, 4) is 0 Å². The number of hydrogen-bond donors (Lipinski definition) is 2. The maximum atomic E-state index is 13.4. The number of allylic oxidation sites excluding steroid dienone is 1. The van der Waals surface area contributed by atoms with Gasteiger partial charge in [0.25, 0.3) is 5.91 Å². The van der Waals surface area contributed by atoms with Crippen LogP contribution in [0.2, 0.25) is 0 Å². The largest absolute Gasteiger partial charge is 0.329 e. The molecule has 0 bridgehead atoms. The lowest BCUT2D eigenvalue weighted by atomic mass is 9.52. The molecule has 2 N–H and O–H groups in total. The van der Waals surface area contributed by atoms with E-state index in [0.717, 1.165) is 36.9 Å². The van der Waals surface area contributed by atoms with Crippen LogP contribution in [-0.4, -0.2) is 40.8 Å². The molecule has 35 heavy (non-hydrogen) atoms. The third-order valence-electron chi connectivity index (χ3n) is 9.18. The summed E-state index contributed by atoms with van der Waals surface area (Å²) in [5, 5.41) is 6.63. The highest BCUT2D eigenvalue weighted by Crippen LogP contribution is 2.62. The van der Waals surface area contributed by atoms with E-state index in [1.165, 1.54) is 24.8 Å². The molecule has 6 rings (SSSR count). The summed E-state index contributed by atoms with van der Waals surface area (Å²) >= 11 is 0. The van der Waals surface area contributed by atoms with Crippen LogP contribution in [0.4, 0.5) is 8.78 Å². The average molecular weight is 484 g/mol. The van der Waals surface area contributed by atoms with Crippen LogP contribution in [0.1, 0.15) is 85.7 Å². The topological polar surface area (TPSA) is 61.4 Å². The smallest absolute Gasteiger partial charge is 0.255 e. The normalized spacial score (nSPS) is 31.7. The number of nitrogens with zero attached hydrogens (tertiary/aromatic N) is 1. The molecule has 1 saturated heterocycles. The first-order valence-electron chi connectivity index (χ1n) is 13.3. The number of amides is 2. The molecule has 2 heterocycles. The maximum absolute atomic E-state index is 13.4. The summed E-state index contributed by atoms with van der Waals surface area (Å²) in [7, 11) is 0. The van der Waals surface area contributed by atoms with E-state index < -0.39 is 12.0 Å². The maximum Gasteiger partial charge on any atom is 0.255 e. The van der Waals surface area contributed by atoms with Crippen molar-refractivity contribution in [1.82, 2.24) is 15.5 Å². The zero-order valence-corrected chi connectivity index (χ0v) is 20.3. The first kappa shape index (κ1) is 23.1. The minimum absolute atomic E-state index is 0.0584. The molecule has 2 amide bonds. The molecule has 4 fully saturated rings. The fraction of sp³-hybridized carbons (Fsp3) is 0.643. The Morgan fingerprint density at radius 3 is 2.63 bits per heavy atom. The molecule has 1 aromatic rings. The summed E-state index contributed by atoms with van der Waals surface area (Å²) in [6.07, 6.45) is 8.97. The predicted octanol–water partition coefficient (Wildman–Crippen LogP) is 4.70. The van der Waals surface area contributed by atoms with E-state index in [1.54, 1.807) is 4.90 Å². The van der Waals surface area contributed by atoms with Crippen molar-refractivity contribution in [2.45, 2.75) is 101 Å². The van der Waals surface area contributed by atoms with Crippen LogP contribution in [0, 0.1) is 11.3 Å². The monoisotopic (exact) mass is 483 g/mol. The first-order chi connectivity index (χ1) is 16.7. The van der Waals surface area contributed by atoms with Gasteiger partial charge in [0.15, 0.2) is 0 Å². The molecule has 5 nitrogen and oxygen atoms in total. The summed E-state index contributed by atoms with van der Waals surface area (Å²) in [6, 6.07) is 6.54. The van der Waals surface area contributed by atoms with Crippen LogP contribution in [0.25, 0.3) is 0 Å². The van der Waals surface area contributed by atoms with Gasteiger partial charge in [0.1, 0.15) is 6.04 Å². The highest BCUT2D eigenvalue weighted by Gasteiger charge is 2.61. The quantitative estimate of drug-likeness (QED) is 0.638. The van der Waals surface area contributed by atoms with Crippen molar-refractivity contribution in [3.05, 3.63) is 47.2 Å². The Morgan fingerprint density at radius 1 is 1.11 bits per heavy atom. The molecule has 0 aromatic heterocycles. The zero-order chi connectivity index (χ0) is 24.4. The Morgan fingerprint density at radius 2 is 1.89 bits per heavy atom. The summed E-state index contributed by atoms with van der Waals surface area (Å²) < 4.78 is 26.7. The minimum Gasteiger partial charge on any atom is -0.329 e. The number of fused-ring (bicyclic) bond motifs is 1. The fourth-order valence-corrected chi connectivity index (χ4v) is 7.55. The number of carbonyl (C=O) groups is 2. The molecule has 3 atom stereocenters. The summed E-state index contributed by atoms with van der Waals surface area (Å²) in [5.74, 6) is -2.11. The Hall–Kier alpha value is -2.28. The number of nitrogens with one attached hydrogen (secondary N) is 2. The molecule has 3 saturated carbocycles. The van der Waals surface area contributed by atoms with Gasteiger partial charge in [-0.2, -0.15) is 0 Å². The highest BCUT2D eigenvalue weighted by molar-refractivity contribution is 6.01. The molecule has 188 valence electrons. The van der Waals surface area contributed by atoms with E-state index in [0.29, 0.717) is 43.0 Å². The van der Waals surface area contributed by atoms with E-state index in [9.17, 15) is 18.4 Å². The average Bonchev–Trinajstić information content (AvgIpc) is 3.08. The second-order valence-corrected chi connectivity index (χ2v) is 11.9. The predicted molar refractivity (Wildman–Crippen MR) is 129 cm³/mol. The molecule has 3 aliphatic carbocycles. The Kier molecular flexibility index (Phi) is 5.55. The van der Waals surface area contributed by atoms with Crippen molar-refractivity contribution in [3.63, 3.8) is 0 Å². The second-order valence-electron chi connectivity index (χ2n) is 11.9. The third kappa shape index (κ3) is 4.30. The van der Waals surface area contributed by atoms with Gasteiger partial charge in [-0.1, -0.05) is 31.6 Å². The lowest BCUT2D eigenvalue weighted by molar-refractivity contribution is -0.199. The van der Waals surface area contributed by atoms with E-state index >= 15 is 0 Å². The number of hydrogen-bond acceptors (Lipinski definition) is 3. The van der Waals surface area contributed by atoms with Gasteiger partial charge in [-0.3, -0.25) is 9.59 Å². The molecule has 7 heteroatoms. The molecule has 1 spiro atoms. The van der Waals surface area contributed by atoms with Crippen LogP contribution in [0.3, 0.4) is 0 Å². The van der Waals surface area contributed by atoms with Gasteiger partial charge in [-0.15, -0.1) is 0 Å². The first-order valence-corrected chi connectivity index (χ1v) is 13.3. The molecular weight excluding hydrogens is 448 g/mol. The van der Waals surface area contributed by atoms with Crippen LogP contribution in [0.15, 0.2) is 30.5 Å². The Bertz CT molecular complexity index is 1050. The Balaban J connectivity index is 1.09. The number of halogens is 2. The SMILES string of the molecule is C=C1CCC(N2Cc3cc(C[C@H]4CCCC[C@@H]4NC4CC5(C4)CC(F)(F)C5)ccc3C2=O)C(=O)N1. The van der Waals surface area contributed by atoms with Crippen LogP contribution in [-0.2, 0) is 17.8 Å². The van der Waals surface area contributed by atoms with Gasteiger partial charge in [-0.25, -0.2) is 8.78 Å². The van der Waals surface area contributed by atoms with E-state index in [-0.39, 0.29) is 30.1 Å². The number of alkyl halides is 2. The molecule has 0 radical (unpaired) electrons. The summed E-state index contributed by atoms with van der Waals surface area (Å²) in [4.78, 5) is 27.2. The number of benzene rings is 1. The van der Waals surface area contributed by atoms with Crippen molar-refractivity contribution >= 4 is 11.8 Å². The van der Waals surface area contributed by atoms with Crippen LogP contribution < -0.4 is 10.6 Å². The van der Waals surface area contributed by atoms with Crippen molar-refractivity contribution in [2.75, 3.05) is 0 Å². The second kappa shape index (κ2) is 8.39. The van der Waals surface area contributed by atoms with Gasteiger partial charge in [0.05, 0.1) is 0 Å². The third-order valence-corrected chi connectivity index (χ3v) is 9.18. The lowest BCUT2D eigenvalue weighted by Gasteiger charge is -2.58. The molecule has 1 aromatic carbocycles. The van der Waals surface area contributed by atoms with E-state index in [2.05, 4.69) is 29.3 Å². The van der Waals surface area contributed by atoms with E-state index in [1.807, 2.05) is 6.07 Å². The Labute approximate surface area is 205 Å². The van der Waals surface area contributed by atoms with Gasteiger partial charge in [0, 0.05) is 42.7 Å². The number of piperidine rings is 1. The number of carbonyl (C=O) groups excluding carboxylic acids is 2. The van der Waals surface area contributed by atoms with Gasteiger partial charge < -0.3 is 15.5 Å². The highest BCUT2D eigenvalue weighted by atomic mass is 19.3. The van der Waals surface area contributed by atoms with Gasteiger partial charge in [-0.05, 0) is 73.5 Å². The lowest BCUT2D eigenvalue weighted by Crippen LogP contribution is -2.61. The fourth-order valence-electron chi connectivity index (χ4n) is 7.55. The van der Waals surface area contributed by atoms with Gasteiger partial charge in [0.2, 0.25) is 11.8 Å². The van der Waals surface area contributed by atoms with Crippen LogP contribution in [0.5, 0.6) is 0 Å². The molecule has 2 aliphatic heterocycles. The molecule has 5 aliphatic rings. The zero-order valence-electron chi connectivity index (χ0n) is 20.3. The number of rotatable bonds is 5. The molecular formula is C28H35F2N3O2. The van der Waals surface area contributed by atoms with Crippen LogP contribution >= 0.6 is 0 Å². The summed E-state index contributed by atoms with van der Waals surface area (Å²) in [5.41, 5.74) is 3.59. The standard InChI is InChI=1S/C28H35F2N3O2/c1-17-6-9-24(25(34)31-17)33-14-20-11-18(7-8-22(20)26(33)35)10-19-4-2-3-5-23(19)32-21-12-27(13-21)15-28(29,30)16-27/h7-8,11,19,21,23-24,32H,1-6,9-10,12-16H2,(H,31,34)/t19-,23+,24?/m1/s1. The van der Waals surface area contributed by atoms with Crippen molar-refractivity contribution in [1.29, 1.82) is 0 Å². The van der Waals surface area contributed by atoms with Gasteiger partial charge >= 0.3 is 0 Å².